The van der Waals surface area contributed by atoms with Gasteiger partial charge in [0.1, 0.15) is 0 Å². The first kappa shape index (κ1) is 10.1. The Hall–Kier alpha value is 0.0674. The number of rotatable bonds is 0. The average molecular weight is 96.1 g/mol. The quantitative estimate of drug-likeness (QED) is 0.450. The van der Waals surface area contributed by atoms with Crippen molar-refractivity contribution in [1.29, 1.82) is 0 Å². The Balaban J connectivity index is 0. The second-order valence-electron chi connectivity index (χ2n) is 1.23. The van der Waals surface area contributed by atoms with Crippen LogP contribution in [0.2, 0.25) is 5.09 Å². The van der Waals surface area contributed by atoms with E-state index in [2.05, 4.69) is 24.6 Å². The van der Waals surface area contributed by atoms with Crippen LogP contribution in [0.25, 0.3) is 0 Å². The zero-order valence-electron chi connectivity index (χ0n) is 5.06. The SMILES string of the molecule is CC(=O)O.[Li][CH2]C. The van der Waals surface area contributed by atoms with E-state index in [1.54, 1.807) is 0 Å². The van der Waals surface area contributed by atoms with Crippen molar-refractivity contribution >= 4 is 23.7 Å². The fraction of sp³-hybridized carbons (Fsp3) is 0.750. The third kappa shape index (κ3) is 22100. The summed E-state index contributed by atoms with van der Waals surface area (Å²) in [6.45, 7) is 3.21. The van der Waals surface area contributed by atoms with Gasteiger partial charge in [-0.3, -0.25) is 4.79 Å². The normalized spacial score (nSPS) is 6.29. The van der Waals surface area contributed by atoms with Gasteiger partial charge in [0.2, 0.25) is 0 Å². The Morgan fingerprint density at radius 3 is 1.86 bits per heavy atom. The summed E-state index contributed by atoms with van der Waals surface area (Å²) in [5.74, 6) is -0.833. The molecule has 0 radical (unpaired) electrons. The monoisotopic (exact) mass is 96.1 g/mol. The van der Waals surface area contributed by atoms with E-state index in [4.69, 9.17) is 9.90 Å². The van der Waals surface area contributed by atoms with Crippen LogP contribution in [0.3, 0.4) is 0 Å². The number of carbonyl (C=O) groups is 1. The molecule has 0 aliphatic carbocycles. The number of hydrogen-bond acceptors (Lipinski definition) is 1. The number of carboxylic acid groups (broad SMARTS) is 1. The second-order valence-corrected chi connectivity index (χ2v) is 1.23. The Bertz CT molecular complexity index is 41.0. The number of aliphatic carboxylic acids is 1. The van der Waals surface area contributed by atoms with Crippen LogP contribution in [-0.2, 0) is 4.79 Å². The minimum atomic E-state index is -0.833. The second kappa shape index (κ2) is 9.42. The summed E-state index contributed by atoms with van der Waals surface area (Å²) >= 11 is 2.12. The van der Waals surface area contributed by atoms with Gasteiger partial charge in [0.25, 0.3) is 5.97 Å². The average Bonchev–Trinajstić information content (AvgIpc) is 1.33. The van der Waals surface area contributed by atoms with Crippen molar-refractivity contribution in [3.63, 3.8) is 0 Å². The van der Waals surface area contributed by atoms with Crippen molar-refractivity contribution in [1.82, 2.24) is 0 Å². The van der Waals surface area contributed by atoms with E-state index in [0.29, 0.717) is 0 Å². The van der Waals surface area contributed by atoms with E-state index < -0.39 is 5.97 Å². The molecule has 0 aliphatic heterocycles. The maximum atomic E-state index is 9.00. The van der Waals surface area contributed by atoms with Crippen molar-refractivity contribution in [2.45, 2.75) is 18.9 Å². The van der Waals surface area contributed by atoms with Crippen LogP contribution >= 0.6 is 0 Å². The van der Waals surface area contributed by atoms with Gasteiger partial charge in [0, 0.05) is 6.92 Å². The number of hydrogen-bond donors (Lipinski definition) is 1. The van der Waals surface area contributed by atoms with E-state index >= 15 is 0 Å². The standard InChI is InChI=1S/C2H4O2.C2H5.Li/c1-2(3)4;1-2;/h1H3,(H,3,4);1H2,2H3;. The molecule has 0 aromatic rings. The van der Waals surface area contributed by atoms with Crippen LogP contribution < -0.4 is 0 Å². The molecular weight excluding hydrogens is 87.0 g/mol. The van der Waals surface area contributed by atoms with Gasteiger partial charge in [-0.2, -0.15) is 0 Å². The van der Waals surface area contributed by atoms with Crippen molar-refractivity contribution in [3.8, 4) is 0 Å². The van der Waals surface area contributed by atoms with Gasteiger partial charge in [-0.1, -0.05) is 0 Å². The summed E-state index contributed by atoms with van der Waals surface area (Å²) in [5, 5.41) is 8.67. The van der Waals surface area contributed by atoms with Crippen molar-refractivity contribution in [3.05, 3.63) is 0 Å². The first-order valence-corrected chi connectivity index (χ1v) is 2.34. The zero-order chi connectivity index (χ0) is 6.28. The van der Waals surface area contributed by atoms with Crippen molar-refractivity contribution < 1.29 is 9.90 Å². The van der Waals surface area contributed by atoms with Crippen LogP contribution in [-0.4, -0.2) is 28.8 Å². The van der Waals surface area contributed by atoms with Gasteiger partial charge < -0.3 is 5.11 Å². The summed E-state index contributed by atoms with van der Waals surface area (Å²) in [6.07, 6.45) is 0. The molecular formula is C4H9LiO2. The van der Waals surface area contributed by atoms with E-state index in [0.717, 1.165) is 6.92 Å². The van der Waals surface area contributed by atoms with Crippen LogP contribution in [0.15, 0.2) is 0 Å². The molecule has 38 valence electrons. The summed E-state index contributed by atoms with van der Waals surface area (Å²) in [6, 6.07) is 0. The molecule has 0 saturated heterocycles. The van der Waals surface area contributed by atoms with E-state index in [1.165, 1.54) is 5.09 Å². The van der Waals surface area contributed by atoms with Gasteiger partial charge >= 0.3 is 29.7 Å². The molecule has 0 aromatic carbocycles. The third-order valence-corrected chi connectivity index (χ3v) is 0. The predicted octanol–water partition coefficient (Wildman–Crippen LogP) is 0.684. The molecule has 0 unspecified atom stereocenters. The van der Waals surface area contributed by atoms with Crippen molar-refractivity contribution in [2.24, 2.45) is 0 Å². The maximum absolute atomic E-state index is 9.00. The van der Waals surface area contributed by atoms with Gasteiger partial charge in [0.15, 0.2) is 0 Å². The fourth-order valence-electron chi connectivity index (χ4n) is 0. The van der Waals surface area contributed by atoms with Crippen LogP contribution in [0.1, 0.15) is 13.8 Å². The van der Waals surface area contributed by atoms with Crippen LogP contribution in [0.4, 0.5) is 0 Å². The Morgan fingerprint density at radius 2 is 1.86 bits per heavy atom. The van der Waals surface area contributed by atoms with E-state index in [9.17, 15) is 0 Å². The molecule has 0 rings (SSSR count). The molecule has 7 heavy (non-hydrogen) atoms. The summed E-state index contributed by atoms with van der Waals surface area (Å²) in [7, 11) is 0. The Morgan fingerprint density at radius 1 is 1.86 bits per heavy atom. The molecule has 0 atom stereocenters. The molecule has 2 nitrogen and oxygen atoms in total. The van der Waals surface area contributed by atoms with Gasteiger partial charge in [0.05, 0.1) is 0 Å². The van der Waals surface area contributed by atoms with Crippen molar-refractivity contribution in [2.75, 3.05) is 0 Å². The third-order valence-electron chi connectivity index (χ3n) is 0. The molecule has 0 amide bonds. The molecule has 0 bridgehead atoms. The number of carboxylic acids is 1. The predicted molar refractivity (Wildman–Crippen MR) is 29.5 cm³/mol. The topological polar surface area (TPSA) is 37.3 Å². The first-order valence-electron chi connectivity index (χ1n) is 2.34. The molecule has 0 spiro atoms. The van der Waals surface area contributed by atoms with Gasteiger partial charge in [-0.15, -0.1) is 0 Å². The summed E-state index contributed by atoms with van der Waals surface area (Å²) in [5.41, 5.74) is 0. The van der Waals surface area contributed by atoms with E-state index in [1.807, 2.05) is 0 Å². The molecule has 0 saturated carbocycles. The Kier molecular flexibility index (Phi) is 13.6. The molecule has 1 N–H and O–H groups in total. The molecule has 0 aliphatic rings. The Labute approximate surface area is 53.1 Å². The molecule has 0 aromatic heterocycles. The van der Waals surface area contributed by atoms with Gasteiger partial charge in [-0.25, -0.2) is 0 Å². The fourth-order valence-corrected chi connectivity index (χ4v) is 0. The van der Waals surface area contributed by atoms with Crippen LogP contribution in [0, 0.1) is 0 Å². The van der Waals surface area contributed by atoms with Crippen LogP contribution in [0.5, 0.6) is 0 Å². The molecule has 3 heteroatoms. The zero-order valence-corrected chi connectivity index (χ0v) is 5.06. The minimum absolute atomic E-state index is 0.833. The molecule has 0 fully saturated rings. The van der Waals surface area contributed by atoms with E-state index in [-0.39, 0.29) is 0 Å². The summed E-state index contributed by atoms with van der Waals surface area (Å²) in [4.78, 5) is 9.00. The first-order chi connectivity index (χ1) is 3.15. The van der Waals surface area contributed by atoms with Gasteiger partial charge in [-0.05, 0) is 0 Å². The molecule has 0 heterocycles. The summed E-state index contributed by atoms with van der Waals surface area (Å²) < 4.78 is 0.